The van der Waals surface area contributed by atoms with Gasteiger partial charge in [0.2, 0.25) is 11.0 Å². The van der Waals surface area contributed by atoms with Crippen molar-refractivity contribution in [2.24, 2.45) is 0 Å². The summed E-state index contributed by atoms with van der Waals surface area (Å²) < 4.78 is 2.26. The summed E-state index contributed by atoms with van der Waals surface area (Å²) >= 11 is 1.50. The van der Waals surface area contributed by atoms with E-state index >= 15 is 0 Å². The molecule has 1 aromatic carbocycles. The standard InChI is InChI=1S/C19H23N5OS/c1-23(12-13-24-11-8-14-4-2-3-5-16(14)24)10-9-17(25)20-19-22-21-18(26-19)15-6-7-15/h2-5,8,11,15H,6-7,9-10,12-13H2,1H3,(H,20,22,25). The molecule has 1 aliphatic rings. The van der Waals surface area contributed by atoms with Crippen LogP contribution in [0.5, 0.6) is 0 Å². The van der Waals surface area contributed by atoms with Crippen LogP contribution in [0, 0.1) is 0 Å². The number of likely N-dealkylation sites (N-methyl/N-ethyl adjacent to an activating group) is 1. The maximum Gasteiger partial charge on any atom is 0.227 e. The zero-order valence-electron chi connectivity index (χ0n) is 14.9. The van der Waals surface area contributed by atoms with Crippen molar-refractivity contribution >= 4 is 33.3 Å². The third-order valence-corrected chi connectivity index (χ3v) is 5.74. The monoisotopic (exact) mass is 369 g/mol. The molecule has 0 bridgehead atoms. The molecule has 136 valence electrons. The zero-order chi connectivity index (χ0) is 17.9. The highest BCUT2D eigenvalue weighted by molar-refractivity contribution is 7.15. The highest BCUT2D eigenvalue weighted by atomic mass is 32.1. The van der Waals surface area contributed by atoms with E-state index in [0.717, 1.165) is 24.6 Å². The third kappa shape index (κ3) is 4.11. The second kappa shape index (κ2) is 7.55. The number of rotatable bonds is 8. The molecule has 0 saturated heterocycles. The first-order valence-electron chi connectivity index (χ1n) is 9.05. The molecule has 1 aliphatic carbocycles. The van der Waals surface area contributed by atoms with Crippen LogP contribution in [0.1, 0.15) is 30.2 Å². The molecular formula is C19H23N5OS. The quantitative estimate of drug-likeness (QED) is 0.661. The summed E-state index contributed by atoms with van der Waals surface area (Å²) in [5.41, 5.74) is 1.25. The van der Waals surface area contributed by atoms with E-state index in [0.29, 0.717) is 17.5 Å². The topological polar surface area (TPSA) is 63.1 Å². The second-order valence-corrected chi connectivity index (χ2v) is 7.90. The number of aromatic nitrogens is 3. The van der Waals surface area contributed by atoms with Gasteiger partial charge in [0.25, 0.3) is 0 Å². The van der Waals surface area contributed by atoms with Gasteiger partial charge < -0.3 is 14.8 Å². The molecule has 0 spiro atoms. The van der Waals surface area contributed by atoms with Crippen molar-refractivity contribution in [1.82, 2.24) is 19.7 Å². The average Bonchev–Trinajstić information content (AvgIpc) is 3.26. The molecule has 1 fully saturated rings. The summed E-state index contributed by atoms with van der Waals surface area (Å²) in [5, 5.41) is 14.0. The summed E-state index contributed by atoms with van der Waals surface area (Å²) in [7, 11) is 2.05. The van der Waals surface area contributed by atoms with Crippen molar-refractivity contribution in [2.45, 2.75) is 31.7 Å². The normalized spacial score (nSPS) is 14.2. The molecule has 0 atom stereocenters. The smallest absolute Gasteiger partial charge is 0.227 e. The molecule has 4 rings (SSSR count). The number of amides is 1. The van der Waals surface area contributed by atoms with E-state index in [-0.39, 0.29) is 5.91 Å². The molecule has 0 unspecified atom stereocenters. The third-order valence-electron chi connectivity index (χ3n) is 4.74. The number of benzene rings is 1. The number of hydrogen-bond donors (Lipinski definition) is 1. The predicted octanol–water partition coefficient (Wildman–Crippen LogP) is 3.33. The average molecular weight is 369 g/mol. The molecular weight excluding hydrogens is 346 g/mol. The van der Waals surface area contributed by atoms with Crippen LogP contribution in [-0.2, 0) is 11.3 Å². The van der Waals surface area contributed by atoms with Crippen LogP contribution >= 0.6 is 11.3 Å². The van der Waals surface area contributed by atoms with Crippen LogP contribution in [0.25, 0.3) is 10.9 Å². The highest BCUT2D eigenvalue weighted by Crippen LogP contribution is 2.42. The number of carbonyl (C=O) groups is 1. The van der Waals surface area contributed by atoms with E-state index in [1.165, 1.54) is 35.1 Å². The Bertz CT molecular complexity index is 898. The van der Waals surface area contributed by atoms with Gasteiger partial charge >= 0.3 is 0 Å². The number of nitrogens with zero attached hydrogens (tertiary/aromatic N) is 4. The first kappa shape index (κ1) is 17.2. The van der Waals surface area contributed by atoms with Gasteiger partial charge in [-0.1, -0.05) is 29.5 Å². The molecule has 26 heavy (non-hydrogen) atoms. The lowest BCUT2D eigenvalue weighted by Crippen LogP contribution is -2.27. The lowest BCUT2D eigenvalue weighted by atomic mass is 10.2. The Morgan fingerprint density at radius 1 is 1.27 bits per heavy atom. The number of hydrogen-bond acceptors (Lipinski definition) is 5. The first-order chi connectivity index (χ1) is 12.7. The van der Waals surface area contributed by atoms with Gasteiger partial charge in [-0.05, 0) is 37.4 Å². The van der Waals surface area contributed by atoms with Crippen LogP contribution in [0.3, 0.4) is 0 Å². The Morgan fingerprint density at radius 2 is 2.12 bits per heavy atom. The van der Waals surface area contributed by atoms with Gasteiger partial charge in [0, 0.05) is 43.7 Å². The van der Waals surface area contributed by atoms with Gasteiger partial charge in [-0.3, -0.25) is 4.79 Å². The van der Waals surface area contributed by atoms with Crippen LogP contribution in [0.2, 0.25) is 0 Å². The molecule has 1 saturated carbocycles. The SMILES string of the molecule is CN(CCC(=O)Nc1nnc(C2CC2)s1)CCn1ccc2ccccc21. The minimum atomic E-state index is 0.00163. The van der Waals surface area contributed by atoms with E-state index in [1.807, 2.05) is 0 Å². The summed E-state index contributed by atoms with van der Waals surface area (Å²) in [6.07, 6.45) is 4.98. The molecule has 1 amide bonds. The van der Waals surface area contributed by atoms with Gasteiger partial charge in [-0.25, -0.2) is 0 Å². The number of anilines is 1. The predicted molar refractivity (Wildman–Crippen MR) is 105 cm³/mol. The highest BCUT2D eigenvalue weighted by Gasteiger charge is 2.27. The van der Waals surface area contributed by atoms with Gasteiger partial charge in [0.15, 0.2) is 0 Å². The van der Waals surface area contributed by atoms with Crippen molar-refractivity contribution in [3.05, 3.63) is 41.5 Å². The minimum Gasteiger partial charge on any atom is -0.346 e. The zero-order valence-corrected chi connectivity index (χ0v) is 15.7. The van der Waals surface area contributed by atoms with Crippen molar-refractivity contribution in [3.8, 4) is 0 Å². The first-order valence-corrected chi connectivity index (χ1v) is 9.86. The summed E-state index contributed by atoms with van der Waals surface area (Å²) in [6.45, 7) is 2.53. The fourth-order valence-corrected chi connectivity index (χ4v) is 3.91. The minimum absolute atomic E-state index is 0.00163. The van der Waals surface area contributed by atoms with E-state index in [9.17, 15) is 4.79 Å². The molecule has 7 heteroatoms. The number of para-hydroxylation sites is 1. The Balaban J connectivity index is 1.21. The van der Waals surface area contributed by atoms with Crippen LogP contribution < -0.4 is 5.32 Å². The number of carbonyl (C=O) groups excluding carboxylic acids is 1. The van der Waals surface area contributed by atoms with Crippen molar-refractivity contribution in [3.63, 3.8) is 0 Å². The van der Waals surface area contributed by atoms with E-state index in [2.05, 4.69) is 68.6 Å². The fourth-order valence-electron chi connectivity index (χ4n) is 2.98. The molecule has 1 N–H and O–H groups in total. The molecule has 0 aliphatic heterocycles. The van der Waals surface area contributed by atoms with Gasteiger partial charge in [0.05, 0.1) is 0 Å². The molecule has 6 nitrogen and oxygen atoms in total. The Kier molecular flexibility index (Phi) is 4.99. The van der Waals surface area contributed by atoms with Crippen LogP contribution in [0.15, 0.2) is 36.5 Å². The Labute approximate surface area is 156 Å². The van der Waals surface area contributed by atoms with E-state index < -0.39 is 0 Å². The summed E-state index contributed by atoms with van der Waals surface area (Å²) in [6, 6.07) is 10.5. The van der Waals surface area contributed by atoms with Gasteiger partial charge in [0.1, 0.15) is 5.01 Å². The summed E-state index contributed by atoms with van der Waals surface area (Å²) in [4.78, 5) is 14.3. The van der Waals surface area contributed by atoms with E-state index in [1.54, 1.807) is 0 Å². The lowest BCUT2D eigenvalue weighted by molar-refractivity contribution is -0.116. The number of fused-ring (bicyclic) bond motifs is 1. The summed E-state index contributed by atoms with van der Waals surface area (Å²) in [5.74, 6) is 0.579. The maximum atomic E-state index is 12.1. The number of nitrogens with one attached hydrogen (secondary N) is 1. The Morgan fingerprint density at radius 3 is 2.96 bits per heavy atom. The van der Waals surface area contributed by atoms with E-state index in [4.69, 9.17) is 0 Å². The van der Waals surface area contributed by atoms with Crippen molar-refractivity contribution in [1.29, 1.82) is 0 Å². The van der Waals surface area contributed by atoms with Crippen LogP contribution in [0.4, 0.5) is 5.13 Å². The molecule has 2 aromatic heterocycles. The van der Waals surface area contributed by atoms with Crippen molar-refractivity contribution in [2.75, 3.05) is 25.5 Å². The van der Waals surface area contributed by atoms with Crippen molar-refractivity contribution < 1.29 is 4.79 Å². The largest absolute Gasteiger partial charge is 0.346 e. The Hall–Kier alpha value is -2.25. The van der Waals surface area contributed by atoms with Crippen LogP contribution in [-0.4, -0.2) is 45.7 Å². The maximum absolute atomic E-state index is 12.1. The fraction of sp³-hybridized carbons (Fsp3) is 0.421. The van der Waals surface area contributed by atoms with Gasteiger partial charge in [-0.15, -0.1) is 10.2 Å². The molecule has 3 aromatic rings. The molecule has 2 heterocycles. The lowest BCUT2D eigenvalue weighted by Gasteiger charge is -2.17. The second-order valence-electron chi connectivity index (χ2n) is 6.89. The van der Waals surface area contributed by atoms with Gasteiger partial charge in [-0.2, -0.15) is 0 Å². The molecule has 0 radical (unpaired) electrons.